The van der Waals surface area contributed by atoms with E-state index in [1.165, 1.54) is 0 Å². The largest absolute Gasteiger partial charge is 0.416 e. The van der Waals surface area contributed by atoms with Gasteiger partial charge in [-0.25, -0.2) is 13.1 Å². The van der Waals surface area contributed by atoms with Crippen LogP contribution in [-0.2, 0) is 16.6 Å². The zero-order valence-corrected chi connectivity index (χ0v) is 15.5. The van der Waals surface area contributed by atoms with Crippen molar-refractivity contribution in [2.24, 2.45) is 0 Å². The van der Waals surface area contributed by atoms with E-state index in [1.807, 2.05) is 30.3 Å². The smallest absolute Gasteiger partial charge is 0.249 e. The second kappa shape index (κ2) is 7.71. The maximum Gasteiger partial charge on any atom is 0.249 e. The van der Waals surface area contributed by atoms with Crippen molar-refractivity contribution in [3.63, 3.8) is 0 Å². The van der Waals surface area contributed by atoms with Gasteiger partial charge in [0, 0.05) is 24.5 Å². The van der Waals surface area contributed by atoms with Crippen LogP contribution < -0.4 is 4.72 Å². The van der Waals surface area contributed by atoms with Crippen LogP contribution in [0.4, 0.5) is 0 Å². The zero-order chi connectivity index (χ0) is 19.4. The van der Waals surface area contributed by atoms with Gasteiger partial charge in [-0.15, -0.1) is 10.2 Å². The molecule has 4 rings (SSSR count). The van der Waals surface area contributed by atoms with E-state index < -0.39 is 10.0 Å². The Labute approximate surface area is 162 Å². The maximum atomic E-state index is 12.3. The second-order valence-corrected chi connectivity index (χ2v) is 7.76. The molecule has 0 radical (unpaired) electrons. The van der Waals surface area contributed by atoms with Crippen LogP contribution in [0.3, 0.4) is 0 Å². The van der Waals surface area contributed by atoms with E-state index in [-0.39, 0.29) is 11.4 Å². The van der Waals surface area contributed by atoms with Crippen LogP contribution in [0.5, 0.6) is 0 Å². The Hall–Kier alpha value is -3.36. The predicted octanol–water partition coefficient (Wildman–Crippen LogP) is 3.28. The summed E-state index contributed by atoms with van der Waals surface area (Å²) in [6.45, 7) is 0.183. The van der Waals surface area contributed by atoms with Gasteiger partial charge in [-0.05, 0) is 42.0 Å². The van der Waals surface area contributed by atoms with Crippen molar-refractivity contribution in [2.75, 3.05) is 0 Å². The summed E-state index contributed by atoms with van der Waals surface area (Å²) in [5.41, 5.74) is 2.31. The Balaban J connectivity index is 1.45. The molecule has 0 aliphatic heterocycles. The molecule has 0 spiro atoms. The Morgan fingerprint density at radius 1 is 0.821 bits per heavy atom. The number of pyridine rings is 1. The quantitative estimate of drug-likeness (QED) is 0.541. The number of sulfonamides is 1. The maximum absolute atomic E-state index is 12.3. The molecule has 4 aromatic rings. The highest BCUT2D eigenvalue weighted by Gasteiger charge is 2.13. The summed E-state index contributed by atoms with van der Waals surface area (Å²) in [5, 5.41) is 8.10. The Morgan fingerprint density at radius 2 is 1.54 bits per heavy atom. The molecular weight excluding hydrogens is 376 g/mol. The first-order chi connectivity index (χ1) is 13.6. The molecule has 0 bridgehead atoms. The molecule has 0 amide bonds. The van der Waals surface area contributed by atoms with Crippen molar-refractivity contribution in [1.82, 2.24) is 19.9 Å². The van der Waals surface area contributed by atoms with Gasteiger partial charge < -0.3 is 4.42 Å². The molecule has 0 unspecified atom stereocenters. The van der Waals surface area contributed by atoms with Gasteiger partial charge in [0.1, 0.15) is 0 Å². The van der Waals surface area contributed by atoms with Crippen LogP contribution in [-0.4, -0.2) is 23.6 Å². The molecule has 28 heavy (non-hydrogen) atoms. The molecule has 2 heterocycles. The number of nitrogens with zero attached hydrogens (tertiary/aromatic N) is 3. The van der Waals surface area contributed by atoms with Crippen molar-refractivity contribution >= 4 is 10.0 Å². The molecule has 7 nitrogen and oxygen atoms in total. The fraction of sp³-hybridized carbons (Fsp3) is 0.0500. The van der Waals surface area contributed by atoms with E-state index in [2.05, 4.69) is 19.9 Å². The van der Waals surface area contributed by atoms with Crippen molar-refractivity contribution in [1.29, 1.82) is 0 Å². The number of nitrogens with one attached hydrogen (secondary N) is 1. The third-order valence-electron chi connectivity index (χ3n) is 4.05. The van der Waals surface area contributed by atoms with Gasteiger partial charge in [-0.1, -0.05) is 30.3 Å². The van der Waals surface area contributed by atoms with Crippen LogP contribution in [0.15, 0.2) is 88.4 Å². The first-order valence-electron chi connectivity index (χ1n) is 8.50. The molecule has 0 fully saturated rings. The fourth-order valence-electron chi connectivity index (χ4n) is 2.57. The second-order valence-electron chi connectivity index (χ2n) is 5.99. The number of hydrogen-bond donors (Lipinski definition) is 1. The van der Waals surface area contributed by atoms with E-state index in [9.17, 15) is 8.42 Å². The molecule has 1 N–H and O–H groups in total. The minimum atomic E-state index is -3.54. The van der Waals surface area contributed by atoms with Crippen molar-refractivity contribution < 1.29 is 12.8 Å². The standard InChI is InChI=1S/C20H16N4O3S/c25-28(26,18-6-2-1-3-7-18)22-13-15-8-10-16(11-9-15)19-23-24-20(27-19)17-5-4-12-21-14-17/h1-12,14,22H,13H2. The molecule has 0 saturated heterocycles. The molecule has 140 valence electrons. The van der Waals surface area contributed by atoms with E-state index >= 15 is 0 Å². The van der Waals surface area contributed by atoms with E-state index in [0.717, 1.165) is 16.7 Å². The van der Waals surface area contributed by atoms with Crippen molar-refractivity contribution in [3.05, 3.63) is 84.7 Å². The highest BCUT2D eigenvalue weighted by Crippen LogP contribution is 2.23. The predicted molar refractivity (Wildman–Crippen MR) is 103 cm³/mol. The summed E-state index contributed by atoms with van der Waals surface area (Å²) in [7, 11) is -3.54. The lowest BCUT2D eigenvalue weighted by molar-refractivity contribution is 0.580. The summed E-state index contributed by atoms with van der Waals surface area (Å²) in [6.07, 6.45) is 3.32. The molecule has 0 saturated carbocycles. The molecule has 8 heteroatoms. The molecule has 2 aromatic carbocycles. The third kappa shape index (κ3) is 3.98. The van der Waals surface area contributed by atoms with Crippen molar-refractivity contribution in [3.8, 4) is 22.9 Å². The summed E-state index contributed by atoms with van der Waals surface area (Å²) < 4.78 is 32.8. The Kier molecular flexibility index (Phi) is 4.96. The molecule has 0 aliphatic carbocycles. The number of hydrogen-bond acceptors (Lipinski definition) is 6. The Morgan fingerprint density at radius 3 is 2.21 bits per heavy atom. The minimum Gasteiger partial charge on any atom is -0.416 e. The molecular formula is C20H16N4O3S. The average molecular weight is 392 g/mol. The number of rotatable bonds is 6. The molecule has 0 aliphatic rings. The SMILES string of the molecule is O=S(=O)(NCc1ccc(-c2nnc(-c3cccnc3)o2)cc1)c1ccccc1. The van der Waals surface area contributed by atoms with E-state index in [4.69, 9.17) is 4.42 Å². The topological polar surface area (TPSA) is 98.0 Å². The minimum absolute atomic E-state index is 0.183. The van der Waals surface area contributed by atoms with E-state index in [1.54, 1.807) is 48.8 Å². The van der Waals surface area contributed by atoms with Gasteiger partial charge >= 0.3 is 0 Å². The van der Waals surface area contributed by atoms with Crippen LogP contribution in [0.25, 0.3) is 22.9 Å². The van der Waals surface area contributed by atoms with Gasteiger partial charge in [0.25, 0.3) is 0 Å². The number of aromatic nitrogens is 3. The van der Waals surface area contributed by atoms with Gasteiger partial charge in [0.2, 0.25) is 21.8 Å². The lowest BCUT2D eigenvalue weighted by Crippen LogP contribution is -2.23. The lowest BCUT2D eigenvalue weighted by Gasteiger charge is -2.07. The van der Waals surface area contributed by atoms with Gasteiger partial charge in [0.05, 0.1) is 10.5 Å². The van der Waals surface area contributed by atoms with Crippen molar-refractivity contribution in [2.45, 2.75) is 11.4 Å². The summed E-state index contributed by atoms with van der Waals surface area (Å²) in [4.78, 5) is 4.27. The van der Waals surface area contributed by atoms with Gasteiger partial charge in [-0.3, -0.25) is 4.98 Å². The van der Waals surface area contributed by atoms with Crippen LogP contribution >= 0.6 is 0 Å². The summed E-state index contributed by atoms with van der Waals surface area (Å²) in [6, 6.07) is 19.2. The van der Waals surface area contributed by atoms with Gasteiger partial charge in [0.15, 0.2) is 0 Å². The normalized spacial score (nSPS) is 11.4. The van der Waals surface area contributed by atoms with Crippen LogP contribution in [0, 0.1) is 0 Å². The average Bonchev–Trinajstić information content (AvgIpc) is 3.24. The highest BCUT2D eigenvalue weighted by molar-refractivity contribution is 7.89. The third-order valence-corrected chi connectivity index (χ3v) is 5.47. The Bertz CT molecular complexity index is 1160. The summed E-state index contributed by atoms with van der Waals surface area (Å²) >= 11 is 0. The van der Waals surface area contributed by atoms with E-state index in [0.29, 0.717) is 11.8 Å². The van der Waals surface area contributed by atoms with Crippen LogP contribution in [0.2, 0.25) is 0 Å². The van der Waals surface area contributed by atoms with Crippen LogP contribution in [0.1, 0.15) is 5.56 Å². The fourth-order valence-corrected chi connectivity index (χ4v) is 3.61. The highest BCUT2D eigenvalue weighted by atomic mass is 32.2. The molecule has 2 aromatic heterocycles. The monoisotopic (exact) mass is 392 g/mol. The lowest BCUT2D eigenvalue weighted by atomic mass is 10.1. The number of benzene rings is 2. The first-order valence-corrected chi connectivity index (χ1v) is 9.98. The zero-order valence-electron chi connectivity index (χ0n) is 14.7. The summed E-state index contributed by atoms with van der Waals surface area (Å²) in [5.74, 6) is 0.776. The molecule has 0 atom stereocenters. The van der Waals surface area contributed by atoms with Gasteiger partial charge in [-0.2, -0.15) is 0 Å². The first kappa shape index (κ1) is 18.0.